The molecule has 2 aromatic heterocycles. The summed E-state index contributed by atoms with van der Waals surface area (Å²) in [7, 11) is 0. The first-order chi connectivity index (χ1) is 10.1. The second kappa shape index (κ2) is 5.87. The van der Waals surface area contributed by atoms with Gasteiger partial charge in [0, 0.05) is 24.2 Å². The number of piperidine rings is 1. The molecule has 1 saturated heterocycles. The Kier molecular flexibility index (Phi) is 3.94. The minimum absolute atomic E-state index is 0.134. The normalized spacial score (nSPS) is 19.1. The monoisotopic (exact) mass is 324 g/mol. The molecule has 110 valence electrons. The van der Waals surface area contributed by atoms with E-state index in [9.17, 15) is 9.59 Å². The van der Waals surface area contributed by atoms with Crippen LogP contribution in [-0.4, -0.2) is 33.8 Å². The molecule has 2 amide bonds. The number of amides is 2. The summed E-state index contributed by atoms with van der Waals surface area (Å²) < 4.78 is 1.81. The lowest BCUT2D eigenvalue weighted by Gasteiger charge is -2.21. The van der Waals surface area contributed by atoms with Crippen molar-refractivity contribution in [3.63, 3.8) is 0 Å². The van der Waals surface area contributed by atoms with Crippen molar-refractivity contribution in [2.45, 2.75) is 18.9 Å². The first-order valence-electron chi connectivity index (χ1n) is 6.52. The Hall–Kier alpha value is -1.86. The highest BCUT2D eigenvalue weighted by Gasteiger charge is 2.22. The van der Waals surface area contributed by atoms with Crippen molar-refractivity contribution in [3.8, 4) is 0 Å². The molecule has 2 N–H and O–H groups in total. The first kappa shape index (κ1) is 14.1. The van der Waals surface area contributed by atoms with Gasteiger partial charge in [-0.2, -0.15) is 0 Å². The van der Waals surface area contributed by atoms with Crippen LogP contribution in [0.3, 0.4) is 0 Å². The molecule has 0 spiro atoms. The summed E-state index contributed by atoms with van der Waals surface area (Å²) in [5, 5.41) is 7.65. The predicted molar refractivity (Wildman–Crippen MR) is 81.3 cm³/mol. The Morgan fingerprint density at radius 3 is 3.29 bits per heavy atom. The molecule has 0 radical (unpaired) electrons. The predicted octanol–water partition coefficient (Wildman–Crippen LogP) is 1.46. The summed E-state index contributed by atoms with van der Waals surface area (Å²) in [5.74, 6) is -0.455. The molecule has 8 heteroatoms. The Morgan fingerprint density at radius 1 is 1.62 bits per heavy atom. The van der Waals surface area contributed by atoms with Crippen molar-refractivity contribution in [1.29, 1.82) is 0 Å². The van der Waals surface area contributed by atoms with E-state index in [1.807, 2.05) is 16.0 Å². The molecule has 0 saturated carbocycles. The second-order valence-electron chi connectivity index (χ2n) is 4.67. The van der Waals surface area contributed by atoms with Crippen LogP contribution in [-0.2, 0) is 9.59 Å². The van der Waals surface area contributed by atoms with Crippen LogP contribution in [0.4, 0.5) is 0 Å². The lowest BCUT2D eigenvalue weighted by Crippen LogP contribution is -2.49. The van der Waals surface area contributed by atoms with Crippen LogP contribution in [0.1, 0.15) is 18.5 Å². The van der Waals surface area contributed by atoms with Gasteiger partial charge >= 0.3 is 0 Å². The van der Waals surface area contributed by atoms with Crippen LogP contribution < -0.4 is 10.6 Å². The minimum atomic E-state index is -0.460. The van der Waals surface area contributed by atoms with Crippen LogP contribution in [0, 0.1) is 0 Å². The van der Waals surface area contributed by atoms with E-state index in [2.05, 4.69) is 15.6 Å². The number of nitrogens with zero attached hydrogens (tertiary/aromatic N) is 2. The quantitative estimate of drug-likeness (QED) is 0.839. The third-order valence-corrected chi connectivity index (χ3v) is 4.28. The number of thiazole rings is 1. The van der Waals surface area contributed by atoms with E-state index >= 15 is 0 Å². The fraction of sp³-hybridized carbons (Fsp3) is 0.308. The van der Waals surface area contributed by atoms with E-state index in [1.54, 1.807) is 6.08 Å². The van der Waals surface area contributed by atoms with Gasteiger partial charge in [0.25, 0.3) is 0 Å². The third kappa shape index (κ3) is 2.93. The van der Waals surface area contributed by atoms with Crippen molar-refractivity contribution >= 4 is 45.8 Å². The van der Waals surface area contributed by atoms with E-state index in [1.165, 1.54) is 17.4 Å². The number of imidazole rings is 1. The summed E-state index contributed by atoms with van der Waals surface area (Å²) in [5.41, 5.74) is 0.649. The zero-order valence-corrected chi connectivity index (χ0v) is 12.6. The molecule has 3 rings (SSSR count). The van der Waals surface area contributed by atoms with Gasteiger partial charge in [0.05, 0.1) is 5.69 Å². The number of hydrogen-bond acceptors (Lipinski definition) is 4. The molecule has 21 heavy (non-hydrogen) atoms. The molecule has 0 bridgehead atoms. The van der Waals surface area contributed by atoms with Crippen LogP contribution in [0.25, 0.3) is 11.0 Å². The molecule has 1 fully saturated rings. The standard InChI is InChI=1S/C13H13ClN4O2S/c14-11-9(18-6-7-21-13(18)17-11)3-4-10(19)16-8-2-1-5-15-12(8)20/h3-4,6-8H,1-2,5H2,(H,15,20)(H,16,19)/b4-3+/t8-/m0/s1. The molecule has 1 aliphatic heterocycles. The summed E-state index contributed by atoms with van der Waals surface area (Å²) in [6.45, 7) is 0.669. The number of halogens is 1. The first-order valence-corrected chi connectivity index (χ1v) is 7.78. The van der Waals surface area contributed by atoms with Crippen LogP contribution in [0.5, 0.6) is 0 Å². The van der Waals surface area contributed by atoms with E-state index < -0.39 is 6.04 Å². The van der Waals surface area contributed by atoms with E-state index in [4.69, 9.17) is 11.6 Å². The van der Waals surface area contributed by atoms with E-state index in [0.717, 1.165) is 11.4 Å². The SMILES string of the molecule is O=C(/C=C/c1c(Cl)nc2sccn12)N[C@H]1CCCNC1=O. The molecule has 0 unspecified atom stereocenters. The molecule has 6 nitrogen and oxygen atoms in total. The molecule has 0 aliphatic carbocycles. The maximum Gasteiger partial charge on any atom is 0.244 e. The number of fused-ring (bicyclic) bond motifs is 1. The number of aromatic nitrogens is 2. The maximum atomic E-state index is 11.9. The van der Waals surface area contributed by atoms with Gasteiger partial charge in [0.2, 0.25) is 11.8 Å². The van der Waals surface area contributed by atoms with Gasteiger partial charge in [-0.1, -0.05) is 11.6 Å². The molecule has 1 aliphatic rings. The highest BCUT2D eigenvalue weighted by molar-refractivity contribution is 7.15. The van der Waals surface area contributed by atoms with Gasteiger partial charge in [-0.3, -0.25) is 14.0 Å². The van der Waals surface area contributed by atoms with Crippen LogP contribution >= 0.6 is 22.9 Å². The smallest absolute Gasteiger partial charge is 0.244 e. The van der Waals surface area contributed by atoms with Crippen molar-refractivity contribution in [2.24, 2.45) is 0 Å². The maximum absolute atomic E-state index is 11.9. The third-order valence-electron chi connectivity index (χ3n) is 3.25. The Bertz CT molecular complexity index is 721. The van der Waals surface area contributed by atoms with Gasteiger partial charge < -0.3 is 10.6 Å². The second-order valence-corrected chi connectivity index (χ2v) is 5.90. The minimum Gasteiger partial charge on any atom is -0.354 e. The number of nitrogens with one attached hydrogen (secondary N) is 2. The molecule has 0 aromatic carbocycles. The lowest BCUT2D eigenvalue weighted by molar-refractivity contribution is -0.128. The van der Waals surface area contributed by atoms with Crippen molar-refractivity contribution in [1.82, 2.24) is 20.0 Å². The van der Waals surface area contributed by atoms with Crippen LogP contribution in [0.2, 0.25) is 5.15 Å². The summed E-state index contributed by atoms with van der Waals surface area (Å²) in [4.78, 5) is 28.4. The summed E-state index contributed by atoms with van der Waals surface area (Å²) >= 11 is 7.50. The average molecular weight is 325 g/mol. The van der Waals surface area contributed by atoms with Gasteiger partial charge in [0.15, 0.2) is 10.1 Å². The van der Waals surface area contributed by atoms with Crippen molar-refractivity contribution in [2.75, 3.05) is 6.54 Å². The number of rotatable bonds is 3. The molecular weight excluding hydrogens is 312 g/mol. The highest BCUT2D eigenvalue weighted by Crippen LogP contribution is 2.22. The van der Waals surface area contributed by atoms with Crippen molar-refractivity contribution in [3.05, 3.63) is 28.5 Å². The lowest BCUT2D eigenvalue weighted by atomic mass is 10.1. The molecule has 1 atom stereocenters. The zero-order chi connectivity index (χ0) is 14.8. The molecule has 2 aromatic rings. The Labute approximate surface area is 129 Å². The number of carbonyl (C=O) groups is 2. The van der Waals surface area contributed by atoms with E-state index in [-0.39, 0.29) is 11.8 Å². The molecular formula is C13H13ClN4O2S. The topological polar surface area (TPSA) is 75.5 Å². The van der Waals surface area contributed by atoms with Gasteiger partial charge in [0.1, 0.15) is 6.04 Å². The van der Waals surface area contributed by atoms with E-state index in [0.29, 0.717) is 23.8 Å². The number of carbonyl (C=O) groups excluding carboxylic acids is 2. The summed E-state index contributed by atoms with van der Waals surface area (Å²) in [6.07, 6.45) is 6.34. The zero-order valence-electron chi connectivity index (χ0n) is 11.0. The van der Waals surface area contributed by atoms with Gasteiger partial charge in [-0.15, -0.1) is 11.3 Å². The fourth-order valence-corrected chi connectivity index (χ4v) is 3.22. The number of hydrogen-bond donors (Lipinski definition) is 2. The largest absolute Gasteiger partial charge is 0.354 e. The van der Waals surface area contributed by atoms with Gasteiger partial charge in [-0.25, -0.2) is 4.98 Å². The Balaban J connectivity index is 1.70. The van der Waals surface area contributed by atoms with Crippen LogP contribution in [0.15, 0.2) is 17.7 Å². The summed E-state index contributed by atoms with van der Waals surface area (Å²) in [6, 6.07) is -0.460. The fourth-order valence-electron chi connectivity index (χ4n) is 2.21. The average Bonchev–Trinajstić information content (AvgIpc) is 3.00. The van der Waals surface area contributed by atoms with Crippen molar-refractivity contribution < 1.29 is 9.59 Å². The Morgan fingerprint density at radius 2 is 2.48 bits per heavy atom. The molecule has 3 heterocycles. The highest BCUT2D eigenvalue weighted by atomic mass is 35.5. The van der Waals surface area contributed by atoms with Gasteiger partial charge in [-0.05, 0) is 18.9 Å².